The third-order valence-electron chi connectivity index (χ3n) is 4.01. The van der Waals surface area contributed by atoms with Gasteiger partial charge >= 0.3 is 0 Å². The third-order valence-corrected chi connectivity index (χ3v) is 4.01. The molecule has 0 bridgehead atoms. The fraction of sp³-hybridized carbons (Fsp3) is 0.429. The molecule has 0 fully saturated rings. The van der Waals surface area contributed by atoms with Crippen LogP contribution >= 0.6 is 0 Å². The highest BCUT2D eigenvalue weighted by Gasteiger charge is 2.06. The maximum atomic E-state index is 11.7. The Labute approximate surface area is 166 Å². The first-order chi connectivity index (χ1) is 13.6. The molecule has 3 N–H and O–H groups in total. The van der Waals surface area contributed by atoms with Crippen molar-refractivity contribution in [3.8, 4) is 0 Å². The van der Waals surface area contributed by atoms with Crippen molar-refractivity contribution < 1.29 is 13.9 Å². The number of carbonyl (C=O) groups is 1. The summed E-state index contributed by atoms with van der Waals surface area (Å²) in [5.74, 6) is 1.55. The number of hydrogen-bond acceptors (Lipinski definition) is 4. The number of furan rings is 1. The van der Waals surface area contributed by atoms with Crippen LogP contribution in [0.5, 0.6) is 0 Å². The number of amides is 1. The van der Waals surface area contributed by atoms with Crippen molar-refractivity contribution >= 4 is 17.6 Å². The molecule has 0 unspecified atom stereocenters. The van der Waals surface area contributed by atoms with Crippen molar-refractivity contribution in [2.75, 3.05) is 25.5 Å². The van der Waals surface area contributed by atoms with Crippen LogP contribution in [0.3, 0.4) is 0 Å². The molecule has 1 heterocycles. The second kappa shape index (κ2) is 11.8. The van der Waals surface area contributed by atoms with Gasteiger partial charge in [-0.25, -0.2) is 0 Å². The van der Waals surface area contributed by atoms with Gasteiger partial charge in [0.25, 0.3) is 0 Å². The van der Waals surface area contributed by atoms with Gasteiger partial charge in [0, 0.05) is 38.3 Å². The molecule has 7 heteroatoms. The molecule has 2 aromatic rings. The number of benzene rings is 1. The van der Waals surface area contributed by atoms with Gasteiger partial charge in [-0.05, 0) is 36.2 Å². The first-order valence-electron chi connectivity index (χ1n) is 9.53. The molecule has 28 heavy (non-hydrogen) atoms. The van der Waals surface area contributed by atoms with E-state index in [9.17, 15) is 4.79 Å². The second-order valence-electron chi connectivity index (χ2n) is 6.68. The van der Waals surface area contributed by atoms with Gasteiger partial charge in [0.15, 0.2) is 5.96 Å². The van der Waals surface area contributed by atoms with Gasteiger partial charge in [-0.1, -0.05) is 26.0 Å². The Morgan fingerprint density at radius 2 is 1.96 bits per heavy atom. The van der Waals surface area contributed by atoms with Crippen molar-refractivity contribution in [2.45, 2.75) is 33.4 Å². The Balaban J connectivity index is 1.62. The average Bonchev–Trinajstić information content (AvgIpc) is 3.21. The van der Waals surface area contributed by atoms with E-state index in [2.05, 4.69) is 20.9 Å². The SMILES string of the molecule is CN=C(NCCCOCc1ccco1)NCc1ccc(NC(=O)C(C)C)cc1. The number of aliphatic imine (C=N–C) groups is 1. The summed E-state index contributed by atoms with van der Waals surface area (Å²) in [5, 5.41) is 9.42. The Morgan fingerprint density at radius 1 is 1.18 bits per heavy atom. The Kier molecular flexibility index (Phi) is 9.07. The number of nitrogens with zero attached hydrogens (tertiary/aromatic N) is 1. The predicted molar refractivity (Wildman–Crippen MR) is 111 cm³/mol. The van der Waals surface area contributed by atoms with Crippen LogP contribution in [0.2, 0.25) is 0 Å². The van der Waals surface area contributed by atoms with Crippen LogP contribution in [0.1, 0.15) is 31.6 Å². The molecule has 0 saturated heterocycles. The van der Waals surface area contributed by atoms with E-state index in [1.165, 1.54) is 0 Å². The van der Waals surface area contributed by atoms with Crippen molar-refractivity contribution in [2.24, 2.45) is 10.9 Å². The first kappa shape index (κ1) is 21.5. The monoisotopic (exact) mass is 386 g/mol. The minimum absolute atomic E-state index is 0.0172. The summed E-state index contributed by atoms with van der Waals surface area (Å²) < 4.78 is 10.8. The maximum Gasteiger partial charge on any atom is 0.226 e. The van der Waals surface area contributed by atoms with Crippen molar-refractivity contribution in [1.29, 1.82) is 0 Å². The van der Waals surface area contributed by atoms with Crippen LogP contribution in [-0.4, -0.2) is 32.1 Å². The van der Waals surface area contributed by atoms with E-state index in [1.807, 2.05) is 50.2 Å². The van der Waals surface area contributed by atoms with Gasteiger partial charge in [-0.15, -0.1) is 0 Å². The number of guanidine groups is 1. The summed E-state index contributed by atoms with van der Waals surface area (Å²) in [6.45, 7) is 6.29. The molecule has 0 aliphatic heterocycles. The predicted octanol–water partition coefficient (Wildman–Crippen LogP) is 3.15. The quantitative estimate of drug-likeness (QED) is 0.332. The van der Waals surface area contributed by atoms with Crippen LogP contribution in [0, 0.1) is 5.92 Å². The topological polar surface area (TPSA) is 87.9 Å². The first-order valence-corrected chi connectivity index (χ1v) is 9.53. The van der Waals surface area contributed by atoms with Gasteiger partial charge in [-0.2, -0.15) is 0 Å². The zero-order valence-corrected chi connectivity index (χ0v) is 16.8. The van der Waals surface area contributed by atoms with Crippen molar-refractivity contribution in [3.63, 3.8) is 0 Å². The Bertz CT molecular complexity index is 725. The van der Waals surface area contributed by atoms with Crippen LogP contribution in [0.25, 0.3) is 0 Å². The van der Waals surface area contributed by atoms with Gasteiger partial charge in [0.05, 0.1) is 6.26 Å². The average molecular weight is 386 g/mol. The highest BCUT2D eigenvalue weighted by molar-refractivity contribution is 5.92. The van der Waals surface area contributed by atoms with Crippen molar-refractivity contribution in [1.82, 2.24) is 10.6 Å². The molecule has 0 aliphatic carbocycles. The minimum atomic E-state index is -0.0359. The van der Waals surface area contributed by atoms with Crippen LogP contribution in [0.4, 0.5) is 5.69 Å². The molecule has 2 rings (SSSR count). The molecule has 152 valence electrons. The number of carbonyl (C=O) groups excluding carboxylic acids is 1. The molecule has 0 spiro atoms. The summed E-state index contributed by atoms with van der Waals surface area (Å²) in [4.78, 5) is 15.9. The van der Waals surface area contributed by atoms with Gasteiger partial charge in [0.2, 0.25) is 5.91 Å². The molecule has 0 aliphatic rings. The Hall–Kier alpha value is -2.80. The second-order valence-corrected chi connectivity index (χ2v) is 6.68. The van der Waals surface area contributed by atoms with E-state index in [0.717, 1.165) is 35.9 Å². The van der Waals surface area contributed by atoms with E-state index in [4.69, 9.17) is 9.15 Å². The minimum Gasteiger partial charge on any atom is -0.467 e. The fourth-order valence-corrected chi connectivity index (χ4v) is 2.35. The summed E-state index contributed by atoms with van der Waals surface area (Å²) >= 11 is 0. The molecule has 0 atom stereocenters. The number of hydrogen-bond donors (Lipinski definition) is 3. The highest BCUT2D eigenvalue weighted by atomic mass is 16.5. The lowest BCUT2D eigenvalue weighted by Gasteiger charge is -2.13. The van der Waals surface area contributed by atoms with Gasteiger partial charge in [0.1, 0.15) is 12.4 Å². The molecule has 0 saturated carbocycles. The van der Waals surface area contributed by atoms with E-state index in [0.29, 0.717) is 19.8 Å². The van der Waals surface area contributed by atoms with Crippen LogP contribution < -0.4 is 16.0 Å². The smallest absolute Gasteiger partial charge is 0.226 e. The summed E-state index contributed by atoms with van der Waals surface area (Å²) in [6.07, 6.45) is 2.51. The summed E-state index contributed by atoms with van der Waals surface area (Å²) in [7, 11) is 1.74. The van der Waals surface area contributed by atoms with Gasteiger partial charge < -0.3 is 25.1 Å². The number of anilines is 1. The Morgan fingerprint density at radius 3 is 2.61 bits per heavy atom. The maximum absolute atomic E-state index is 11.7. The van der Waals surface area contributed by atoms with Crippen LogP contribution in [0.15, 0.2) is 52.1 Å². The lowest BCUT2D eigenvalue weighted by molar-refractivity contribution is -0.118. The lowest BCUT2D eigenvalue weighted by atomic mass is 10.1. The van der Waals surface area contributed by atoms with E-state index >= 15 is 0 Å². The highest BCUT2D eigenvalue weighted by Crippen LogP contribution is 2.11. The van der Waals surface area contributed by atoms with E-state index < -0.39 is 0 Å². The van der Waals surface area contributed by atoms with Crippen molar-refractivity contribution in [3.05, 3.63) is 54.0 Å². The fourth-order valence-electron chi connectivity index (χ4n) is 2.35. The van der Waals surface area contributed by atoms with Gasteiger partial charge in [-0.3, -0.25) is 9.79 Å². The number of ether oxygens (including phenoxy) is 1. The number of nitrogens with one attached hydrogen (secondary N) is 3. The lowest BCUT2D eigenvalue weighted by Crippen LogP contribution is -2.37. The normalized spacial score (nSPS) is 11.5. The summed E-state index contributed by atoms with van der Waals surface area (Å²) in [5.41, 5.74) is 1.91. The molecular weight excluding hydrogens is 356 g/mol. The largest absolute Gasteiger partial charge is 0.467 e. The third kappa shape index (κ3) is 7.84. The van der Waals surface area contributed by atoms with Crippen LogP contribution in [-0.2, 0) is 22.7 Å². The molecular formula is C21H30N4O3. The molecule has 1 amide bonds. The molecule has 7 nitrogen and oxygen atoms in total. The standard InChI is InChI=1S/C21H30N4O3/c1-16(2)20(26)25-18-9-7-17(8-10-18)14-24-21(22-3)23-11-5-12-27-15-19-6-4-13-28-19/h4,6-10,13,16H,5,11-12,14-15H2,1-3H3,(H,25,26)(H2,22,23,24). The molecule has 1 aromatic heterocycles. The van der Waals surface area contributed by atoms with E-state index in [-0.39, 0.29) is 11.8 Å². The molecule has 0 radical (unpaired) electrons. The zero-order valence-electron chi connectivity index (χ0n) is 16.8. The number of rotatable bonds is 10. The van der Waals surface area contributed by atoms with E-state index in [1.54, 1.807) is 13.3 Å². The summed E-state index contributed by atoms with van der Waals surface area (Å²) in [6, 6.07) is 11.5. The zero-order chi connectivity index (χ0) is 20.2. The molecule has 1 aromatic carbocycles.